The minimum absolute atomic E-state index is 0.108. The number of hydrogen-bond donors (Lipinski definition) is 3. The van der Waals surface area contributed by atoms with Crippen LogP contribution in [0.25, 0.3) is 0 Å². The Kier molecular flexibility index (Phi) is 67.7. The highest BCUT2D eigenvalue weighted by molar-refractivity contribution is 7.47. The smallest absolute Gasteiger partial charge is 0.462 e. The Morgan fingerprint density at radius 2 is 0.484 bits per heavy atom. The van der Waals surface area contributed by atoms with E-state index in [2.05, 4.69) is 34.6 Å². The number of ether oxygens (including phenoxy) is 4. The Hall–Kier alpha value is -1.94. The molecule has 0 heterocycles. The molecule has 0 fully saturated rings. The summed E-state index contributed by atoms with van der Waals surface area (Å²) in [6.45, 7) is 7.31. The lowest BCUT2D eigenvalue weighted by molar-refractivity contribution is -0.161. The van der Waals surface area contributed by atoms with Crippen LogP contribution in [0.5, 0.6) is 0 Å². The number of unbranched alkanes of at least 4 members (excludes halogenated alkanes) is 48. The fraction of sp³-hybridized carbons (Fsp3) is 0.947. The van der Waals surface area contributed by atoms with Crippen LogP contribution in [0.3, 0.4) is 0 Å². The minimum atomic E-state index is -4.96. The van der Waals surface area contributed by atoms with E-state index in [1.54, 1.807) is 0 Å². The van der Waals surface area contributed by atoms with Gasteiger partial charge in [-0.2, -0.15) is 0 Å². The lowest BCUT2D eigenvalue weighted by Gasteiger charge is -2.21. The molecule has 0 radical (unpaired) electrons. The highest BCUT2D eigenvalue weighted by Crippen LogP contribution is 2.45. The SMILES string of the molecule is CCCCCCCCCCCCCCCCCCC(=O)OC[C@H](COP(=O)(O)OC[C@@H](O)COP(=O)(O)OC[C@@H](COC(=O)CCCCCCCCCCCC)OC(=O)CCCCCCCCCCCCCC)OC(=O)CCCCCCCCCCCCCCCCC(C)C. The van der Waals surface area contributed by atoms with Crippen molar-refractivity contribution in [3.05, 3.63) is 0 Å². The van der Waals surface area contributed by atoms with Crippen LogP contribution in [0.15, 0.2) is 0 Å². The number of phosphoric ester groups is 2. The third-order valence-electron chi connectivity index (χ3n) is 17.8. The van der Waals surface area contributed by atoms with Gasteiger partial charge in [0.25, 0.3) is 0 Å². The van der Waals surface area contributed by atoms with Gasteiger partial charge in [0.05, 0.1) is 26.4 Å². The van der Waals surface area contributed by atoms with E-state index < -0.39 is 97.5 Å². The lowest BCUT2D eigenvalue weighted by atomic mass is 10.0. The highest BCUT2D eigenvalue weighted by Gasteiger charge is 2.30. The molecule has 0 aliphatic carbocycles. The summed E-state index contributed by atoms with van der Waals surface area (Å²) in [5.41, 5.74) is 0. The van der Waals surface area contributed by atoms with E-state index in [0.717, 1.165) is 95.8 Å². The maximum atomic E-state index is 13.1. The zero-order valence-electron chi connectivity index (χ0n) is 61.8. The van der Waals surface area contributed by atoms with E-state index >= 15 is 0 Å². The number of hydrogen-bond acceptors (Lipinski definition) is 15. The molecule has 0 aliphatic rings. The van der Waals surface area contributed by atoms with Crippen molar-refractivity contribution in [3.8, 4) is 0 Å². The van der Waals surface area contributed by atoms with Gasteiger partial charge < -0.3 is 33.8 Å². The fourth-order valence-corrected chi connectivity index (χ4v) is 13.3. The highest BCUT2D eigenvalue weighted by atomic mass is 31.2. The first-order valence-electron chi connectivity index (χ1n) is 39.6. The summed E-state index contributed by atoms with van der Waals surface area (Å²) in [6, 6.07) is 0. The first-order valence-corrected chi connectivity index (χ1v) is 42.6. The summed E-state index contributed by atoms with van der Waals surface area (Å²) in [5.74, 6) is -1.32. The second-order valence-electron chi connectivity index (χ2n) is 27.9. The Balaban J connectivity index is 5.24. The van der Waals surface area contributed by atoms with Crippen LogP contribution >= 0.6 is 15.6 Å². The minimum Gasteiger partial charge on any atom is -0.462 e. The maximum Gasteiger partial charge on any atom is 0.472 e. The molecule has 0 saturated carbocycles. The maximum absolute atomic E-state index is 13.1. The van der Waals surface area contributed by atoms with Crippen LogP contribution in [0.4, 0.5) is 0 Å². The van der Waals surface area contributed by atoms with Crippen molar-refractivity contribution in [3.63, 3.8) is 0 Å². The number of carbonyl (C=O) groups is 4. The Labute approximate surface area is 581 Å². The number of phosphoric acid groups is 2. The first kappa shape index (κ1) is 93.1. The van der Waals surface area contributed by atoms with Crippen molar-refractivity contribution in [1.82, 2.24) is 0 Å². The molecule has 0 bridgehead atoms. The van der Waals surface area contributed by atoms with Gasteiger partial charge in [0.2, 0.25) is 0 Å². The van der Waals surface area contributed by atoms with Gasteiger partial charge in [0.15, 0.2) is 12.2 Å². The van der Waals surface area contributed by atoms with Crippen molar-refractivity contribution in [2.75, 3.05) is 39.6 Å². The van der Waals surface area contributed by atoms with E-state index in [-0.39, 0.29) is 25.7 Å². The molecule has 17 nitrogen and oxygen atoms in total. The molecule has 0 rings (SSSR count). The van der Waals surface area contributed by atoms with Crippen LogP contribution in [0.1, 0.15) is 401 Å². The average molecular weight is 1400 g/mol. The Bertz CT molecular complexity index is 1820. The molecule has 2 unspecified atom stereocenters. The van der Waals surface area contributed by atoms with Gasteiger partial charge in [-0.05, 0) is 31.6 Å². The monoisotopic (exact) mass is 1400 g/mol. The topological polar surface area (TPSA) is 237 Å². The van der Waals surface area contributed by atoms with Gasteiger partial charge in [0, 0.05) is 25.7 Å². The number of aliphatic hydroxyl groups is 1. The van der Waals surface area contributed by atoms with Gasteiger partial charge in [-0.15, -0.1) is 0 Å². The van der Waals surface area contributed by atoms with E-state index in [1.807, 2.05) is 0 Å². The summed E-state index contributed by atoms with van der Waals surface area (Å²) in [4.78, 5) is 72.8. The van der Waals surface area contributed by atoms with Crippen LogP contribution in [0, 0.1) is 5.92 Å². The third-order valence-corrected chi connectivity index (χ3v) is 19.7. The molecule has 0 aliphatic heterocycles. The molecule has 3 N–H and O–H groups in total. The van der Waals surface area contributed by atoms with Crippen molar-refractivity contribution in [2.45, 2.75) is 419 Å². The zero-order valence-corrected chi connectivity index (χ0v) is 63.6. The molecular formula is C76H148O17P2. The van der Waals surface area contributed by atoms with Gasteiger partial charge >= 0.3 is 39.5 Å². The zero-order chi connectivity index (χ0) is 69.8. The second kappa shape index (κ2) is 69.2. The van der Waals surface area contributed by atoms with Crippen molar-refractivity contribution < 1.29 is 80.2 Å². The van der Waals surface area contributed by atoms with Crippen LogP contribution in [-0.2, 0) is 65.4 Å². The van der Waals surface area contributed by atoms with Gasteiger partial charge in [-0.1, -0.05) is 349 Å². The number of carbonyl (C=O) groups excluding carboxylic acids is 4. The summed E-state index contributed by atoms with van der Waals surface area (Å²) in [5, 5.41) is 10.6. The summed E-state index contributed by atoms with van der Waals surface area (Å²) < 4.78 is 68.5. The molecule has 564 valence electrons. The normalized spacial score (nSPS) is 13.9. The molecule has 0 aromatic rings. The van der Waals surface area contributed by atoms with E-state index in [0.29, 0.717) is 25.7 Å². The Morgan fingerprint density at radius 3 is 0.716 bits per heavy atom. The van der Waals surface area contributed by atoms with Crippen molar-refractivity contribution >= 4 is 39.5 Å². The average Bonchev–Trinajstić information content (AvgIpc) is 3.20. The molecule has 0 aromatic carbocycles. The molecule has 5 atom stereocenters. The van der Waals surface area contributed by atoms with Crippen molar-refractivity contribution in [1.29, 1.82) is 0 Å². The molecule has 95 heavy (non-hydrogen) atoms. The van der Waals surface area contributed by atoms with Gasteiger partial charge in [-0.3, -0.25) is 37.3 Å². The second-order valence-corrected chi connectivity index (χ2v) is 30.8. The largest absolute Gasteiger partial charge is 0.472 e. The van der Waals surface area contributed by atoms with E-state index in [4.69, 9.17) is 37.0 Å². The number of esters is 4. The summed E-state index contributed by atoms with van der Waals surface area (Å²) >= 11 is 0. The van der Waals surface area contributed by atoms with Crippen LogP contribution in [-0.4, -0.2) is 96.7 Å². The quantitative estimate of drug-likeness (QED) is 0.0222. The molecule has 0 saturated heterocycles. The van der Waals surface area contributed by atoms with Gasteiger partial charge in [0.1, 0.15) is 19.3 Å². The standard InChI is InChI=1S/C76H148O17P2/c1-6-9-12-15-18-21-24-26-27-28-32-36-40-45-50-55-60-74(79)87-66-72(93-76(81)62-57-52-47-42-37-33-30-29-31-34-38-43-48-53-58-69(4)5)68-91-95(84,85)89-64-70(77)63-88-94(82,83)90-67-71(65-86-73(78)59-54-49-44-39-23-20-17-14-11-8-3)92-75(80)61-56-51-46-41-35-25-22-19-16-13-10-7-2/h69-72,77H,6-68H2,1-5H3,(H,82,83)(H,84,85)/t70-,71+,72+/m0/s1. The molecule has 0 spiro atoms. The molecule has 0 aromatic heterocycles. The van der Waals surface area contributed by atoms with Crippen LogP contribution < -0.4 is 0 Å². The van der Waals surface area contributed by atoms with Gasteiger partial charge in [-0.25, -0.2) is 9.13 Å². The predicted octanol–water partition coefficient (Wildman–Crippen LogP) is 22.5. The van der Waals surface area contributed by atoms with Crippen molar-refractivity contribution in [2.24, 2.45) is 5.92 Å². The predicted molar refractivity (Wildman–Crippen MR) is 386 cm³/mol. The molecular weight excluding hydrogens is 1250 g/mol. The number of aliphatic hydroxyl groups excluding tert-OH is 1. The molecule has 19 heteroatoms. The first-order chi connectivity index (χ1) is 46.0. The van der Waals surface area contributed by atoms with E-state index in [9.17, 15) is 43.2 Å². The summed E-state index contributed by atoms with van der Waals surface area (Å²) in [6.07, 6.45) is 58.1. The third kappa shape index (κ3) is 70.3. The number of rotatable bonds is 76. The lowest BCUT2D eigenvalue weighted by Crippen LogP contribution is -2.30. The summed E-state index contributed by atoms with van der Waals surface area (Å²) in [7, 11) is -9.91. The fourth-order valence-electron chi connectivity index (χ4n) is 11.7. The van der Waals surface area contributed by atoms with Crippen LogP contribution in [0.2, 0.25) is 0 Å². The van der Waals surface area contributed by atoms with E-state index in [1.165, 1.54) is 225 Å². The molecule has 0 amide bonds. The Morgan fingerprint density at radius 1 is 0.284 bits per heavy atom.